The second kappa shape index (κ2) is 4.12. The Kier molecular flexibility index (Phi) is 2.83. The minimum Gasteiger partial charge on any atom is -0.468 e. The number of benzene rings is 1. The number of nitrogens with zero attached hydrogens (tertiary/aromatic N) is 1. The molecule has 0 aliphatic carbocycles. The lowest BCUT2D eigenvalue weighted by Gasteiger charge is -2.02. The van der Waals surface area contributed by atoms with Gasteiger partial charge in [0, 0.05) is 0 Å². The second-order valence-corrected chi connectivity index (χ2v) is 4.67. The van der Waals surface area contributed by atoms with Crippen molar-refractivity contribution in [3.05, 3.63) is 28.2 Å². The van der Waals surface area contributed by atoms with E-state index < -0.39 is 0 Å². The average molecular weight is 239 g/mol. The van der Waals surface area contributed by atoms with Crippen LogP contribution in [0.5, 0.6) is 0 Å². The van der Waals surface area contributed by atoms with E-state index in [2.05, 4.69) is 4.74 Å². The molecule has 0 saturated heterocycles. The number of para-hydroxylation sites is 1. The maximum atomic E-state index is 11.2. The molecular formula is C10H9NO2S2. The Hall–Kier alpha value is -1.20. The highest BCUT2D eigenvalue weighted by atomic mass is 32.1. The molecule has 0 fully saturated rings. The molecule has 78 valence electrons. The molecule has 2 aromatic rings. The number of carbonyl (C=O) groups excluding carboxylic acids is 1. The number of aromatic nitrogens is 1. The predicted molar refractivity (Wildman–Crippen MR) is 62.7 cm³/mol. The zero-order chi connectivity index (χ0) is 10.8. The maximum absolute atomic E-state index is 11.2. The number of methoxy groups -OCH3 is 1. The van der Waals surface area contributed by atoms with E-state index in [9.17, 15) is 4.79 Å². The Morgan fingerprint density at radius 2 is 2.27 bits per heavy atom. The van der Waals surface area contributed by atoms with Gasteiger partial charge in [0.1, 0.15) is 6.54 Å². The Bertz CT molecular complexity index is 556. The molecule has 0 aliphatic rings. The molecule has 1 aromatic carbocycles. The summed E-state index contributed by atoms with van der Waals surface area (Å²) >= 11 is 6.69. The minimum atomic E-state index is -0.283. The molecule has 0 N–H and O–H groups in total. The van der Waals surface area contributed by atoms with Crippen LogP contribution in [0.15, 0.2) is 24.3 Å². The van der Waals surface area contributed by atoms with Crippen LogP contribution >= 0.6 is 23.6 Å². The van der Waals surface area contributed by atoms with Gasteiger partial charge in [0.2, 0.25) is 0 Å². The fourth-order valence-corrected chi connectivity index (χ4v) is 2.68. The third-order valence-electron chi connectivity index (χ3n) is 2.09. The molecule has 3 nitrogen and oxygen atoms in total. The molecule has 15 heavy (non-hydrogen) atoms. The molecule has 2 rings (SSSR count). The van der Waals surface area contributed by atoms with Crippen molar-refractivity contribution in [3.8, 4) is 0 Å². The van der Waals surface area contributed by atoms with E-state index in [0.29, 0.717) is 3.95 Å². The number of hydrogen-bond acceptors (Lipinski definition) is 4. The quantitative estimate of drug-likeness (QED) is 0.596. The molecule has 5 heteroatoms. The van der Waals surface area contributed by atoms with Crippen LogP contribution in [0.4, 0.5) is 0 Å². The number of hydrogen-bond donors (Lipinski definition) is 0. The molecule has 0 saturated carbocycles. The minimum absolute atomic E-state index is 0.180. The molecule has 1 heterocycles. The summed E-state index contributed by atoms with van der Waals surface area (Å²) in [5.41, 5.74) is 0.984. The van der Waals surface area contributed by atoms with Crippen LogP contribution in [0.2, 0.25) is 0 Å². The third kappa shape index (κ3) is 1.93. The van der Waals surface area contributed by atoms with Crippen molar-refractivity contribution in [2.24, 2.45) is 0 Å². The summed E-state index contributed by atoms with van der Waals surface area (Å²) in [6.07, 6.45) is 0. The third-order valence-corrected chi connectivity index (χ3v) is 3.52. The van der Waals surface area contributed by atoms with Gasteiger partial charge in [-0.15, -0.1) is 11.3 Å². The van der Waals surface area contributed by atoms with Gasteiger partial charge in [0.05, 0.1) is 17.3 Å². The van der Waals surface area contributed by atoms with Gasteiger partial charge >= 0.3 is 5.97 Å². The van der Waals surface area contributed by atoms with Crippen LogP contribution in [0.25, 0.3) is 10.2 Å². The van der Waals surface area contributed by atoms with Crippen molar-refractivity contribution >= 4 is 39.7 Å². The lowest BCUT2D eigenvalue weighted by Crippen LogP contribution is -2.11. The number of carbonyl (C=O) groups is 1. The average Bonchev–Trinajstić information content (AvgIpc) is 2.55. The Labute approximate surface area is 95.9 Å². The van der Waals surface area contributed by atoms with Gasteiger partial charge in [-0.2, -0.15) is 0 Å². The number of rotatable bonds is 2. The molecule has 0 spiro atoms. The molecule has 0 aliphatic heterocycles. The van der Waals surface area contributed by atoms with E-state index >= 15 is 0 Å². The fourth-order valence-electron chi connectivity index (χ4n) is 1.36. The lowest BCUT2D eigenvalue weighted by atomic mass is 10.3. The summed E-state index contributed by atoms with van der Waals surface area (Å²) in [6, 6.07) is 7.82. The molecule has 0 amide bonds. The summed E-state index contributed by atoms with van der Waals surface area (Å²) in [6.45, 7) is 0.180. The molecule has 0 radical (unpaired) electrons. The topological polar surface area (TPSA) is 31.2 Å². The second-order valence-electron chi connectivity index (χ2n) is 3.00. The van der Waals surface area contributed by atoms with Crippen molar-refractivity contribution in [1.82, 2.24) is 4.57 Å². The highest BCUT2D eigenvalue weighted by molar-refractivity contribution is 7.73. The molecular weight excluding hydrogens is 230 g/mol. The van der Waals surface area contributed by atoms with Crippen LogP contribution in [0, 0.1) is 3.95 Å². The monoisotopic (exact) mass is 239 g/mol. The normalized spacial score (nSPS) is 10.5. The number of esters is 1. The van der Waals surface area contributed by atoms with Gasteiger partial charge in [-0.25, -0.2) is 0 Å². The zero-order valence-electron chi connectivity index (χ0n) is 8.10. The standard InChI is InChI=1S/C10H9NO2S2/c1-13-9(12)6-11-7-4-2-3-5-8(7)15-10(11)14/h2-5H,6H2,1H3. The highest BCUT2D eigenvalue weighted by Gasteiger charge is 2.08. The van der Waals surface area contributed by atoms with Crippen molar-refractivity contribution < 1.29 is 9.53 Å². The SMILES string of the molecule is COC(=O)Cn1c(=S)sc2ccccc21. The van der Waals surface area contributed by atoms with E-state index in [4.69, 9.17) is 12.2 Å². The first-order chi connectivity index (χ1) is 7.22. The van der Waals surface area contributed by atoms with Gasteiger partial charge in [-0.1, -0.05) is 12.1 Å². The smallest absolute Gasteiger partial charge is 0.325 e. The fraction of sp³-hybridized carbons (Fsp3) is 0.200. The van der Waals surface area contributed by atoms with E-state index in [-0.39, 0.29) is 12.5 Å². The van der Waals surface area contributed by atoms with Crippen LogP contribution in [-0.4, -0.2) is 17.6 Å². The molecule has 0 atom stereocenters. The first-order valence-corrected chi connectivity index (χ1v) is 5.60. The van der Waals surface area contributed by atoms with E-state index in [1.807, 2.05) is 24.3 Å². The van der Waals surface area contributed by atoms with Crippen LogP contribution in [0.3, 0.4) is 0 Å². The predicted octanol–water partition coefficient (Wildman–Crippen LogP) is 2.61. The van der Waals surface area contributed by atoms with Gasteiger partial charge < -0.3 is 9.30 Å². The largest absolute Gasteiger partial charge is 0.468 e. The number of ether oxygens (including phenoxy) is 1. The van der Waals surface area contributed by atoms with Crippen LogP contribution < -0.4 is 0 Å². The van der Waals surface area contributed by atoms with Crippen molar-refractivity contribution in [1.29, 1.82) is 0 Å². The van der Waals surface area contributed by atoms with Crippen molar-refractivity contribution in [3.63, 3.8) is 0 Å². The van der Waals surface area contributed by atoms with Gasteiger partial charge in [0.15, 0.2) is 3.95 Å². The molecule has 1 aromatic heterocycles. The molecule has 0 bridgehead atoms. The van der Waals surface area contributed by atoms with Gasteiger partial charge in [-0.3, -0.25) is 4.79 Å². The van der Waals surface area contributed by atoms with E-state index in [0.717, 1.165) is 10.2 Å². The Morgan fingerprint density at radius 1 is 1.53 bits per heavy atom. The summed E-state index contributed by atoms with van der Waals surface area (Å²) in [4.78, 5) is 11.2. The maximum Gasteiger partial charge on any atom is 0.325 e. The Morgan fingerprint density at radius 3 is 3.00 bits per heavy atom. The number of fused-ring (bicyclic) bond motifs is 1. The summed E-state index contributed by atoms with van der Waals surface area (Å²) in [5, 5.41) is 0. The summed E-state index contributed by atoms with van der Waals surface area (Å²) < 4.78 is 8.20. The zero-order valence-corrected chi connectivity index (χ0v) is 9.73. The van der Waals surface area contributed by atoms with E-state index in [1.54, 1.807) is 4.57 Å². The first-order valence-electron chi connectivity index (χ1n) is 4.37. The summed E-state index contributed by atoms with van der Waals surface area (Å²) in [7, 11) is 1.38. The van der Waals surface area contributed by atoms with Crippen LogP contribution in [-0.2, 0) is 16.1 Å². The van der Waals surface area contributed by atoms with Crippen molar-refractivity contribution in [2.75, 3.05) is 7.11 Å². The van der Waals surface area contributed by atoms with Crippen molar-refractivity contribution in [2.45, 2.75) is 6.54 Å². The Balaban J connectivity index is 2.54. The first kappa shape index (κ1) is 10.3. The summed E-state index contributed by atoms with van der Waals surface area (Å²) in [5.74, 6) is -0.283. The van der Waals surface area contributed by atoms with E-state index in [1.165, 1.54) is 18.4 Å². The molecule has 0 unspecified atom stereocenters. The van der Waals surface area contributed by atoms with Gasteiger partial charge in [0.25, 0.3) is 0 Å². The van der Waals surface area contributed by atoms with Crippen LogP contribution in [0.1, 0.15) is 0 Å². The highest BCUT2D eigenvalue weighted by Crippen LogP contribution is 2.22. The lowest BCUT2D eigenvalue weighted by molar-refractivity contribution is -0.141. The number of thiazole rings is 1. The van der Waals surface area contributed by atoms with Gasteiger partial charge in [-0.05, 0) is 24.4 Å².